The molecule has 4 aromatic carbocycles. The van der Waals surface area contributed by atoms with Crippen LogP contribution in [0.25, 0.3) is 11.1 Å². The number of thioether (sulfide) groups is 1. The lowest BCUT2D eigenvalue weighted by Crippen LogP contribution is -2.31. The van der Waals surface area contributed by atoms with E-state index in [0.717, 1.165) is 38.5 Å². The lowest BCUT2D eigenvalue weighted by Gasteiger charge is -2.36. The maximum Gasteiger partial charge on any atom is 0.251 e. The first-order chi connectivity index (χ1) is 21.6. The minimum atomic E-state index is -0.581. The second-order valence-electron chi connectivity index (χ2n) is 10.6. The number of aliphatic hydroxyl groups is 1. The lowest BCUT2D eigenvalue weighted by atomic mass is 9.99. The number of aryl methyl sites for hydroxylation is 1. The molecule has 6 rings (SSSR count). The third-order valence-electron chi connectivity index (χ3n) is 7.50. The molecule has 224 valence electrons. The van der Waals surface area contributed by atoms with Crippen LogP contribution in [-0.4, -0.2) is 43.1 Å². The van der Waals surface area contributed by atoms with Gasteiger partial charge in [0, 0.05) is 36.9 Å². The fourth-order valence-electron chi connectivity index (χ4n) is 5.13. The van der Waals surface area contributed by atoms with Crippen molar-refractivity contribution in [3.63, 3.8) is 0 Å². The highest BCUT2D eigenvalue weighted by Crippen LogP contribution is 2.40. The Morgan fingerprint density at radius 2 is 1.68 bits per heavy atom. The van der Waals surface area contributed by atoms with E-state index in [-0.39, 0.29) is 24.7 Å². The summed E-state index contributed by atoms with van der Waals surface area (Å²) >= 11 is 1.55. The van der Waals surface area contributed by atoms with Gasteiger partial charge in [0.2, 0.25) is 5.16 Å². The van der Waals surface area contributed by atoms with Gasteiger partial charge in [0.1, 0.15) is 0 Å². The van der Waals surface area contributed by atoms with Gasteiger partial charge in [0.15, 0.2) is 6.29 Å². The molecular formula is C34H33N5O4S. The number of nitrogens with one attached hydrogen (secondary N) is 1. The van der Waals surface area contributed by atoms with Gasteiger partial charge in [0.05, 0.1) is 18.8 Å². The standard InChI is InChI=1S/C34H33N5O4S/c1-39-34(36-37-38-39)44-22-30-19-31(25-15-13-23(21-40)14-16-25)43-33(42-30)29-12-6-11-28(18-29)27-10-5-7-24(17-27)20-35-32(41)26-8-3-2-4-9-26/h2-18,30-31,33,40H,19-22H2,1H3,(H,35,41)/t30-,31+,33+/m0/s1. The summed E-state index contributed by atoms with van der Waals surface area (Å²) in [6, 6.07) is 33.4. The molecule has 1 aliphatic heterocycles. The van der Waals surface area contributed by atoms with Gasteiger partial charge in [-0.1, -0.05) is 90.6 Å². The zero-order valence-electron chi connectivity index (χ0n) is 24.2. The minimum Gasteiger partial charge on any atom is -0.392 e. The summed E-state index contributed by atoms with van der Waals surface area (Å²) in [7, 11) is 1.82. The van der Waals surface area contributed by atoms with Crippen molar-refractivity contribution in [2.75, 3.05) is 5.75 Å². The Kier molecular flexibility index (Phi) is 9.43. The predicted octanol–water partition coefficient (Wildman–Crippen LogP) is 5.64. The number of ether oxygens (including phenoxy) is 2. The first-order valence-corrected chi connectivity index (χ1v) is 15.4. The predicted molar refractivity (Wildman–Crippen MR) is 167 cm³/mol. The maximum atomic E-state index is 12.5. The molecule has 1 fully saturated rings. The van der Waals surface area contributed by atoms with Gasteiger partial charge in [-0.25, -0.2) is 4.68 Å². The van der Waals surface area contributed by atoms with E-state index < -0.39 is 6.29 Å². The smallest absolute Gasteiger partial charge is 0.251 e. The van der Waals surface area contributed by atoms with Crippen molar-refractivity contribution >= 4 is 17.7 Å². The number of amides is 1. The van der Waals surface area contributed by atoms with Crippen molar-refractivity contribution in [1.29, 1.82) is 0 Å². The molecule has 1 aliphatic rings. The van der Waals surface area contributed by atoms with E-state index in [1.54, 1.807) is 28.6 Å². The maximum absolute atomic E-state index is 12.5. The van der Waals surface area contributed by atoms with Crippen molar-refractivity contribution in [3.05, 3.63) is 131 Å². The van der Waals surface area contributed by atoms with E-state index in [1.165, 1.54) is 0 Å². The van der Waals surface area contributed by atoms with Gasteiger partial charge in [-0.15, -0.1) is 5.10 Å². The lowest BCUT2D eigenvalue weighted by molar-refractivity contribution is -0.245. The molecule has 1 saturated heterocycles. The minimum absolute atomic E-state index is 0.00404. The SMILES string of the molecule is Cn1nnnc1SC[C@@H]1C[C@H](c2ccc(CO)cc2)O[C@H](c2cccc(-c3cccc(CNC(=O)c4ccccc4)c3)c2)O1. The summed E-state index contributed by atoms with van der Waals surface area (Å²) in [5.74, 6) is 0.559. The number of rotatable bonds is 10. The topological polar surface area (TPSA) is 111 Å². The molecule has 0 radical (unpaired) electrons. The fourth-order valence-corrected chi connectivity index (χ4v) is 6.00. The Morgan fingerprint density at radius 1 is 0.909 bits per heavy atom. The van der Waals surface area contributed by atoms with Gasteiger partial charge in [0.25, 0.3) is 5.91 Å². The van der Waals surface area contributed by atoms with Crippen molar-refractivity contribution in [2.45, 2.75) is 43.2 Å². The molecule has 5 aromatic rings. The molecule has 3 atom stereocenters. The van der Waals surface area contributed by atoms with Crippen LogP contribution in [-0.2, 0) is 29.7 Å². The van der Waals surface area contributed by atoms with Crippen LogP contribution in [0.1, 0.15) is 51.4 Å². The van der Waals surface area contributed by atoms with E-state index in [0.29, 0.717) is 24.3 Å². The summed E-state index contributed by atoms with van der Waals surface area (Å²) in [6.07, 6.45) is -0.213. The van der Waals surface area contributed by atoms with Crippen molar-refractivity contribution < 1.29 is 19.4 Å². The molecule has 10 heteroatoms. The zero-order valence-corrected chi connectivity index (χ0v) is 25.1. The van der Waals surface area contributed by atoms with Gasteiger partial charge in [-0.05, 0) is 62.5 Å². The molecule has 9 nitrogen and oxygen atoms in total. The Morgan fingerprint density at radius 3 is 2.43 bits per heavy atom. The number of benzene rings is 4. The Balaban J connectivity index is 1.20. The highest BCUT2D eigenvalue weighted by molar-refractivity contribution is 7.99. The number of hydrogen-bond donors (Lipinski definition) is 2. The second kappa shape index (κ2) is 14.0. The summed E-state index contributed by atoms with van der Waals surface area (Å²) < 4.78 is 14.7. The van der Waals surface area contributed by atoms with Crippen LogP contribution in [0.2, 0.25) is 0 Å². The van der Waals surface area contributed by atoms with Crippen LogP contribution in [0.3, 0.4) is 0 Å². The highest BCUT2D eigenvalue weighted by Gasteiger charge is 2.32. The van der Waals surface area contributed by atoms with E-state index in [1.807, 2.05) is 73.8 Å². The largest absolute Gasteiger partial charge is 0.392 e. The third kappa shape index (κ3) is 7.23. The third-order valence-corrected chi connectivity index (χ3v) is 8.65. The number of aliphatic hydroxyl groups excluding tert-OH is 1. The first-order valence-electron chi connectivity index (χ1n) is 14.4. The van der Waals surface area contributed by atoms with E-state index >= 15 is 0 Å². The number of nitrogens with zero attached hydrogens (tertiary/aromatic N) is 4. The van der Waals surface area contributed by atoms with Crippen LogP contribution in [0.15, 0.2) is 108 Å². The molecule has 2 N–H and O–H groups in total. The summed E-state index contributed by atoms with van der Waals surface area (Å²) in [6.45, 7) is 0.420. The molecule has 0 unspecified atom stereocenters. The van der Waals surface area contributed by atoms with E-state index in [2.05, 4.69) is 45.1 Å². The van der Waals surface area contributed by atoms with Crippen LogP contribution in [0, 0.1) is 0 Å². The number of tetrazole rings is 1. The zero-order chi connectivity index (χ0) is 30.3. The monoisotopic (exact) mass is 607 g/mol. The molecule has 44 heavy (non-hydrogen) atoms. The average Bonchev–Trinajstić information content (AvgIpc) is 3.51. The van der Waals surface area contributed by atoms with Gasteiger partial charge in [-0.3, -0.25) is 4.79 Å². The van der Waals surface area contributed by atoms with Crippen LogP contribution in [0.4, 0.5) is 0 Å². The molecule has 1 amide bonds. The molecular weight excluding hydrogens is 574 g/mol. The quantitative estimate of drug-likeness (QED) is 0.196. The van der Waals surface area contributed by atoms with Crippen LogP contribution < -0.4 is 5.32 Å². The van der Waals surface area contributed by atoms with Crippen molar-refractivity contribution in [3.8, 4) is 11.1 Å². The van der Waals surface area contributed by atoms with E-state index in [9.17, 15) is 9.90 Å². The number of aromatic nitrogens is 4. The summed E-state index contributed by atoms with van der Waals surface area (Å²) in [4.78, 5) is 12.5. The second-order valence-corrected chi connectivity index (χ2v) is 11.6. The van der Waals surface area contributed by atoms with Crippen molar-refractivity contribution in [2.24, 2.45) is 7.05 Å². The first kappa shape index (κ1) is 29.7. The normalized spacial score (nSPS) is 18.2. The number of carbonyl (C=O) groups excluding carboxylic acids is 1. The molecule has 0 spiro atoms. The number of carbonyl (C=O) groups is 1. The van der Waals surface area contributed by atoms with Crippen molar-refractivity contribution in [1.82, 2.24) is 25.5 Å². The van der Waals surface area contributed by atoms with Gasteiger partial charge >= 0.3 is 0 Å². The number of hydrogen-bond acceptors (Lipinski definition) is 8. The van der Waals surface area contributed by atoms with Gasteiger partial charge in [-0.2, -0.15) is 0 Å². The van der Waals surface area contributed by atoms with E-state index in [4.69, 9.17) is 9.47 Å². The molecule has 0 saturated carbocycles. The molecule has 0 bridgehead atoms. The van der Waals surface area contributed by atoms with Crippen LogP contribution >= 0.6 is 11.8 Å². The van der Waals surface area contributed by atoms with Crippen LogP contribution in [0.5, 0.6) is 0 Å². The Labute approximate surface area is 260 Å². The molecule has 1 aromatic heterocycles. The fraction of sp³-hybridized carbons (Fsp3) is 0.235. The summed E-state index contributed by atoms with van der Waals surface area (Å²) in [5, 5.41) is 25.0. The highest BCUT2D eigenvalue weighted by atomic mass is 32.2. The average molecular weight is 608 g/mol. The summed E-state index contributed by atoms with van der Waals surface area (Å²) in [5.41, 5.74) is 6.50. The molecule has 2 heterocycles. The van der Waals surface area contributed by atoms with Gasteiger partial charge < -0.3 is 19.9 Å². The Hall–Kier alpha value is -4.35. The molecule has 0 aliphatic carbocycles. The Bertz CT molecular complexity index is 1700.